The van der Waals surface area contributed by atoms with Crippen LogP contribution in [0.4, 0.5) is 13.2 Å². The first-order valence-corrected chi connectivity index (χ1v) is 6.48. The van der Waals surface area contributed by atoms with Crippen LogP contribution in [0.1, 0.15) is 5.82 Å². The smallest absolute Gasteiger partial charge is 0.270 e. The van der Waals surface area contributed by atoms with Gasteiger partial charge in [-0.15, -0.1) is 5.10 Å². The molecule has 0 amide bonds. The average Bonchev–Trinajstić information content (AvgIpc) is 2.60. The second kappa shape index (κ2) is 5.51. The van der Waals surface area contributed by atoms with E-state index in [1.807, 2.05) is 0 Å². The number of alkyl halides is 3. The Kier molecular flexibility index (Phi) is 4.23. The van der Waals surface area contributed by atoms with Gasteiger partial charge in [-0.05, 0) is 13.0 Å². The molecule has 0 N–H and O–H groups in total. The Morgan fingerprint density at radius 1 is 1.24 bits per heavy atom. The lowest BCUT2D eigenvalue weighted by Crippen LogP contribution is -2.30. The van der Waals surface area contributed by atoms with E-state index in [2.05, 4.69) is 10.1 Å². The number of aromatic nitrogens is 4. The van der Waals surface area contributed by atoms with Gasteiger partial charge < -0.3 is 0 Å². The van der Waals surface area contributed by atoms with Gasteiger partial charge in [0.15, 0.2) is 5.82 Å². The van der Waals surface area contributed by atoms with E-state index in [-0.39, 0.29) is 26.8 Å². The van der Waals surface area contributed by atoms with E-state index in [0.29, 0.717) is 9.25 Å². The van der Waals surface area contributed by atoms with E-state index in [0.717, 1.165) is 0 Å². The summed E-state index contributed by atoms with van der Waals surface area (Å²) in [5, 5.41) is 3.55. The van der Waals surface area contributed by atoms with Crippen molar-refractivity contribution in [2.75, 3.05) is 0 Å². The van der Waals surface area contributed by atoms with Crippen LogP contribution in [0.2, 0.25) is 15.2 Å². The Hall–Kier alpha value is -1.25. The molecule has 0 aliphatic carbocycles. The van der Waals surface area contributed by atoms with Crippen LogP contribution in [-0.4, -0.2) is 25.5 Å². The molecule has 0 saturated heterocycles. The molecule has 2 aromatic heterocycles. The predicted molar refractivity (Wildman–Crippen MR) is 71.4 cm³/mol. The lowest BCUT2D eigenvalue weighted by molar-refractivity contribution is -0.141. The van der Waals surface area contributed by atoms with Gasteiger partial charge in [-0.1, -0.05) is 34.8 Å². The van der Waals surface area contributed by atoms with Gasteiger partial charge in [0.05, 0.1) is 10.0 Å². The topological polar surface area (TPSA) is 52.7 Å². The first-order chi connectivity index (χ1) is 9.60. The van der Waals surface area contributed by atoms with Gasteiger partial charge in [0.25, 0.3) is 0 Å². The third kappa shape index (κ3) is 3.33. The lowest BCUT2D eigenvalue weighted by Gasteiger charge is -2.06. The number of hydrogen-bond donors (Lipinski definition) is 0. The number of halogens is 6. The molecule has 114 valence electrons. The molecule has 0 saturated carbocycles. The second-order valence-electron chi connectivity index (χ2n) is 4.01. The predicted octanol–water partition coefficient (Wildman–Crippen LogP) is 3.26. The highest BCUT2D eigenvalue weighted by Crippen LogP contribution is 2.27. The summed E-state index contributed by atoms with van der Waals surface area (Å²) in [6.07, 6.45) is -4.56. The standard InChI is InChI=1S/C10H6Cl3F3N4O/c1-4-18-20(9(21)19(4)3-10(14,15)16)8-6(12)2-5(11)7(13)17-8/h2H,3H2,1H3. The lowest BCUT2D eigenvalue weighted by atomic mass is 10.4. The fourth-order valence-corrected chi connectivity index (χ4v) is 2.15. The maximum Gasteiger partial charge on any atom is 0.406 e. The van der Waals surface area contributed by atoms with Crippen LogP contribution >= 0.6 is 34.8 Å². The fraction of sp³-hybridized carbons (Fsp3) is 0.300. The van der Waals surface area contributed by atoms with E-state index in [1.165, 1.54) is 13.0 Å². The highest BCUT2D eigenvalue weighted by atomic mass is 35.5. The van der Waals surface area contributed by atoms with Crippen molar-refractivity contribution in [3.05, 3.63) is 37.6 Å². The van der Waals surface area contributed by atoms with Gasteiger partial charge >= 0.3 is 11.9 Å². The number of aryl methyl sites for hydroxylation is 1. The molecule has 0 aliphatic heterocycles. The molecule has 0 bridgehead atoms. The Morgan fingerprint density at radius 2 is 1.86 bits per heavy atom. The van der Waals surface area contributed by atoms with Crippen LogP contribution in [-0.2, 0) is 6.54 Å². The normalized spacial score (nSPS) is 12.0. The minimum absolute atomic E-state index is 0.0462. The molecule has 5 nitrogen and oxygen atoms in total. The molecule has 0 fully saturated rings. The molecular formula is C10H6Cl3F3N4O. The van der Waals surface area contributed by atoms with Crippen LogP contribution < -0.4 is 5.69 Å². The third-order valence-electron chi connectivity index (χ3n) is 2.45. The highest BCUT2D eigenvalue weighted by molar-refractivity contribution is 6.42. The molecule has 0 aliphatic rings. The Bertz CT molecular complexity index is 753. The molecule has 11 heteroatoms. The largest absolute Gasteiger partial charge is 0.406 e. The summed E-state index contributed by atoms with van der Waals surface area (Å²) in [5.74, 6) is -0.332. The molecular weight excluding hydrogens is 355 g/mol. The summed E-state index contributed by atoms with van der Waals surface area (Å²) in [7, 11) is 0. The summed E-state index contributed by atoms with van der Waals surface area (Å²) in [4.78, 5) is 15.8. The Balaban J connectivity index is 2.60. The van der Waals surface area contributed by atoms with Crippen molar-refractivity contribution in [1.29, 1.82) is 0 Å². The highest BCUT2D eigenvalue weighted by Gasteiger charge is 2.31. The minimum Gasteiger partial charge on any atom is -0.270 e. The summed E-state index contributed by atoms with van der Waals surface area (Å²) in [6, 6.07) is 1.22. The number of rotatable bonds is 2. The van der Waals surface area contributed by atoms with Gasteiger partial charge in [0, 0.05) is 0 Å². The Morgan fingerprint density at radius 3 is 2.43 bits per heavy atom. The van der Waals surface area contributed by atoms with Crippen molar-refractivity contribution >= 4 is 34.8 Å². The zero-order valence-corrected chi connectivity index (χ0v) is 12.5. The zero-order chi connectivity index (χ0) is 15.9. The van der Waals surface area contributed by atoms with Crippen molar-refractivity contribution in [3.8, 4) is 5.82 Å². The SMILES string of the molecule is Cc1nn(-c2nc(Cl)c(Cl)cc2Cl)c(=O)n1CC(F)(F)F. The van der Waals surface area contributed by atoms with Crippen molar-refractivity contribution in [2.24, 2.45) is 0 Å². The van der Waals surface area contributed by atoms with Gasteiger partial charge in [-0.25, -0.2) is 9.78 Å². The minimum atomic E-state index is -4.56. The van der Waals surface area contributed by atoms with E-state index in [1.54, 1.807) is 0 Å². The van der Waals surface area contributed by atoms with Gasteiger partial charge in [-0.2, -0.15) is 17.9 Å². The maximum atomic E-state index is 12.4. The summed E-state index contributed by atoms with van der Waals surface area (Å²) in [6.45, 7) is -0.203. The van der Waals surface area contributed by atoms with Crippen LogP contribution in [0.15, 0.2) is 10.9 Å². The summed E-state index contributed by atoms with van der Waals surface area (Å²) in [5.41, 5.74) is -1.03. The first-order valence-electron chi connectivity index (χ1n) is 5.35. The van der Waals surface area contributed by atoms with Gasteiger partial charge in [0.1, 0.15) is 17.5 Å². The van der Waals surface area contributed by atoms with Crippen LogP contribution in [0.3, 0.4) is 0 Å². The van der Waals surface area contributed by atoms with E-state index < -0.39 is 18.4 Å². The average molecular weight is 362 g/mol. The Labute approximate surface area is 130 Å². The van der Waals surface area contributed by atoms with E-state index in [4.69, 9.17) is 34.8 Å². The molecule has 2 rings (SSSR count). The van der Waals surface area contributed by atoms with Crippen molar-refractivity contribution < 1.29 is 13.2 Å². The maximum absolute atomic E-state index is 12.4. The third-order valence-corrected chi connectivity index (χ3v) is 3.40. The fourth-order valence-electron chi connectivity index (χ4n) is 1.58. The second-order valence-corrected chi connectivity index (χ2v) is 5.18. The molecule has 2 heterocycles. The molecule has 0 spiro atoms. The number of hydrogen-bond acceptors (Lipinski definition) is 3. The molecule has 0 unspecified atom stereocenters. The van der Waals surface area contributed by atoms with Crippen LogP contribution in [0, 0.1) is 6.92 Å². The first kappa shape index (κ1) is 16.1. The molecule has 0 radical (unpaired) electrons. The van der Waals surface area contributed by atoms with Crippen molar-refractivity contribution in [3.63, 3.8) is 0 Å². The monoisotopic (exact) mass is 360 g/mol. The van der Waals surface area contributed by atoms with Crippen LogP contribution in [0.25, 0.3) is 5.82 Å². The molecule has 0 atom stereocenters. The quantitative estimate of drug-likeness (QED) is 0.772. The number of pyridine rings is 1. The zero-order valence-electron chi connectivity index (χ0n) is 10.2. The van der Waals surface area contributed by atoms with E-state index >= 15 is 0 Å². The van der Waals surface area contributed by atoms with Crippen molar-refractivity contribution in [2.45, 2.75) is 19.6 Å². The molecule has 2 aromatic rings. The number of nitrogens with zero attached hydrogens (tertiary/aromatic N) is 4. The summed E-state index contributed by atoms with van der Waals surface area (Å²) < 4.78 is 38.4. The van der Waals surface area contributed by atoms with Gasteiger partial charge in [0.2, 0.25) is 0 Å². The van der Waals surface area contributed by atoms with E-state index in [9.17, 15) is 18.0 Å². The molecule has 21 heavy (non-hydrogen) atoms. The molecule has 0 aromatic carbocycles. The van der Waals surface area contributed by atoms with Crippen molar-refractivity contribution in [1.82, 2.24) is 19.3 Å². The van der Waals surface area contributed by atoms with Crippen LogP contribution in [0.5, 0.6) is 0 Å². The van der Waals surface area contributed by atoms with Gasteiger partial charge in [-0.3, -0.25) is 4.57 Å². The summed E-state index contributed by atoms with van der Waals surface area (Å²) >= 11 is 17.3.